The van der Waals surface area contributed by atoms with Crippen LogP contribution in [0.3, 0.4) is 0 Å². The Balaban J connectivity index is 1.74. The van der Waals surface area contributed by atoms with Gasteiger partial charge in [0.25, 0.3) is 0 Å². The molecule has 1 aromatic carbocycles. The van der Waals surface area contributed by atoms with Crippen molar-refractivity contribution in [2.75, 3.05) is 18.4 Å². The van der Waals surface area contributed by atoms with Gasteiger partial charge in [0.05, 0.1) is 5.52 Å². The summed E-state index contributed by atoms with van der Waals surface area (Å²) in [7, 11) is 0. The van der Waals surface area contributed by atoms with Crippen molar-refractivity contribution in [1.82, 2.24) is 9.97 Å². The molecular weight excluding hydrogens is 236 g/mol. The molecule has 0 aliphatic heterocycles. The number of benzene rings is 1. The van der Waals surface area contributed by atoms with Gasteiger partial charge in [-0.3, -0.25) is 0 Å². The SMILES string of the molecule is NCC1(CNc2ncc3ccccc3n2)CCCC1. The van der Waals surface area contributed by atoms with Crippen LogP contribution in [0.25, 0.3) is 10.9 Å². The van der Waals surface area contributed by atoms with E-state index in [1.807, 2.05) is 30.5 Å². The predicted molar refractivity (Wildman–Crippen MR) is 78.0 cm³/mol. The topological polar surface area (TPSA) is 63.8 Å². The first-order valence-corrected chi connectivity index (χ1v) is 6.97. The zero-order valence-corrected chi connectivity index (χ0v) is 11.1. The highest BCUT2D eigenvalue weighted by molar-refractivity contribution is 5.78. The fourth-order valence-corrected chi connectivity index (χ4v) is 2.90. The number of rotatable bonds is 4. The molecule has 2 aromatic rings. The lowest BCUT2D eigenvalue weighted by atomic mass is 9.86. The highest BCUT2D eigenvalue weighted by Crippen LogP contribution is 2.36. The smallest absolute Gasteiger partial charge is 0.223 e. The van der Waals surface area contributed by atoms with Crippen molar-refractivity contribution in [3.8, 4) is 0 Å². The highest BCUT2D eigenvalue weighted by atomic mass is 15.1. The highest BCUT2D eigenvalue weighted by Gasteiger charge is 2.32. The second-order valence-electron chi connectivity index (χ2n) is 5.52. The van der Waals surface area contributed by atoms with E-state index < -0.39 is 0 Å². The van der Waals surface area contributed by atoms with E-state index in [0.717, 1.165) is 24.0 Å². The molecule has 3 N–H and O–H groups in total. The Hall–Kier alpha value is -1.68. The van der Waals surface area contributed by atoms with Crippen LogP contribution in [0.1, 0.15) is 25.7 Å². The van der Waals surface area contributed by atoms with Crippen LogP contribution in [0.2, 0.25) is 0 Å². The van der Waals surface area contributed by atoms with Crippen molar-refractivity contribution in [1.29, 1.82) is 0 Å². The molecule has 0 unspecified atom stereocenters. The monoisotopic (exact) mass is 256 g/mol. The van der Waals surface area contributed by atoms with E-state index in [1.54, 1.807) is 0 Å². The van der Waals surface area contributed by atoms with E-state index in [-0.39, 0.29) is 5.41 Å². The number of hydrogen-bond acceptors (Lipinski definition) is 4. The van der Waals surface area contributed by atoms with Crippen molar-refractivity contribution in [3.05, 3.63) is 30.5 Å². The van der Waals surface area contributed by atoms with Crippen LogP contribution >= 0.6 is 0 Å². The molecule has 0 radical (unpaired) electrons. The summed E-state index contributed by atoms with van der Waals surface area (Å²) < 4.78 is 0. The Labute approximate surface area is 113 Å². The fraction of sp³-hybridized carbons (Fsp3) is 0.467. The summed E-state index contributed by atoms with van der Waals surface area (Å²) >= 11 is 0. The van der Waals surface area contributed by atoms with Crippen LogP contribution in [0, 0.1) is 5.41 Å². The Bertz CT molecular complexity index is 561. The summed E-state index contributed by atoms with van der Waals surface area (Å²) in [4.78, 5) is 8.91. The van der Waals surface area contributed by atoms with Gasteiger partial charge in [0, 0.05) is 18.1 Å². The van der Waals surface area contributed by atoms with Gasteiger partial charge in [0.2, 0.25) is 5.95 Å². The van der Waals surface area contributed by atoms with Crippen molar-refractivity contribution in [2.45, 2.75) is 25.7 Å². The molecule has 4 nitrogen and oxygen atoms in total. The number of hydrogen-bond donors (Lipinski definition) is 2. The Morgan fingerprint density at radius 2 is 2.00 bits per heavy atom. The van der Waals surface area contributed by atoms with E-state index in [1.165, 1.54) is 25.7 Å². The molecule has 4 heteroatoms. The average molecular weight is 256 g/mol. The number of aromatic nitrogens is 2. The van der Waals surface area contributed by atoms with Crippen LogP contribution < -0.4 is 11.1 Å². The molecule has 100 valence electrons. The molecule has 1 saturated carbocycles. The number of nitrogens with two attached hydrogens (primary N) is 1. The average Bonchev–Trinajstić information content (AvgIpc) is 2.94. The van der Waals surface area contributed by atoms with E-state index in [4.69, 9.17) is 5.73 Å². The first-order chi connectivity index (χ1) is 9.31. The minimum atomic E-state index is 0.245. The van der Waals surface area contributed by atoms with Crippen LogP contribution in [-0.2, 0) is 0 Å². The molecule has 1 aromatic heterocycles. The summed E-state index contributed by atoms with van der Waals surface area (Å²) in [5, 5.41) is 4.44. The maximum Gasteiger partial charge on any atom is 0.223 e. The maximum atomic E-state index is 5.94. The van der Waals surface area contributed by atoms with Crippen molar-refractivity contribution in [2.24, 2.45) is 11.1 Å². The van der Waals surface area contributed by atoms with Gasteiger partial charge in [-0.2, -0.15) is 0 Å². The van der Waals surface area contributed by atoms with Gasteiger partial charge in [-0.25, -0.2) is 9.97 Å². The van der Waals surface area contributed by atoms with Crippen molar-refractivity contribution < 1.29 is 0 Å². The van der Waals surface area contributed by atoms with Crippen molar-refractivity contribution >= 4 is 16.9 Å². The maximum absolute atomic E-state index is 5.94. The summed E-state index contributed by atoms with van der Waals surface area (Å²) in [6, 6.07) is 8.03. The lowest BCUT2D eigenvalue weighted by molar-refractivity contribution is 0.331. The lowest BCUT2D eigenvalue weighted by Gasteiger charge is -2.27. The lowest BCUT2D eigenvalue weighted by Crippen LogP contribution is -2.35. The molecule has 0 saturated heterocycles. The molecule has 1 fully saturated rings. The van der Waals surface area contributed by atoms with E-state index >= 15 is 0 Å². The molecule has 3 rings (SSSR count). The summed E-state index contributed by atoms with van der Waals surface area (Å²) in [6.45, 7) is 1.62. The Morgan fingerprint density at radius 3 is 2.79 bits per heavy atom. The summed E-state index contributed by atoms with van der Waals surface area (Å²) in [5.41, 5.74) is 7.17. The molecular formula is C15H20N4. The van der Waals surface area contributed by atoms with Gasteiger partial charge in [-0.15, -0.1) is 0 Å². The zero-order valence-electron chi connectivity index (χ0n) is 11.1. The predicted octanol–water partition coefficient (Wildman–Crippen LogP) is 2.56. The second-order valence-corrected chi connectivity index (χ2v) is 5.52. The summed E-state index contributed by atoms with van der Waals surface area (Å²) in [5.74, 6) is 0.707. The second kappa shape index (κ2) is 5.13. The quantitative estimate of drug-likeness (QED) is 0.882. The third-order valence-electron chi connectivity index (χ3n) is 4.21. The van der Waals surface area contributed by atoms with E-state index in [0.29, 0.717) is 5.95 Å². The van der Waals surface area contributed by atoms with Crippen LogP contribution in [-0.4, -0.2) is 23.1 Å². The third kappa shape index (κ3) is 2.54. The van der Waals surface area contributed by atoms with E-state index in [9.17, 15) is 0 Å². The fourth-order valence-electron chi connectivity index (χ4n) is 2.90. The molecule has 0 bridgehead atoms. The normalized spacial score (nSPS) is 17.7. The number of nitrogens with one attached hydrogen (secondary N) is 1. The third-order valence-corrected chi connectivity index (χ3v) is 4.21. The largest absolute Gasteiger partial charge is 0.354 e. The van der Waals surface area contributed by atoms with Crippen LogP contribution in [0.15, 0.2) is 30.5 Å². The molecule has 0 spiro atoms. The van der Waals surface area contributed by atoms with Gasteiger partial charge in [0.15, 0.2) is 0 Å². The van der Waals surface area contributed by atoms with Gasteiger partial charge in [-0.05, 0) is 30.9 Å². The van der Waals surface area contributed by atoms with Crippen molar-refractivity contribution in [3.63, 3.8) is 0 Å². The summed E-state index contributed by atoms with van der Waals surface area (Å²) in [6.07, 6.45) is 6.87. The molecule has 19 heavy (non-hydrogen) atoms. The van der Waals surface area contributed by atoms with Crippen LogP contribution in [0.4, 0.5) is 5.95 Å². The van der Waals surface area contributed by atoms with Gasteiger partial charge in [0.1, 0.15) is 0 Å². The standard InChI is InChI=1S/C15H20N4/c16-10-15(7-3-4-8-15)11-18-14-17-9-12-5-1-2-6-13(12)19-14/h1-2,5-6,9H,3-4,7-8,10-11,16H2,(H,17,18,19). The number of anilines is 1. The zero-order chi connectivity index (χ0) is 13.1. The number of nitrogens with zero attached hydrogens (tertiary/aromatic N) is 2. The number of fused-ring (bicyclic) bond motifs is 1. The molecule has 1 aliphatic rings. The minimum absolute atomic E-state index is 0.245. The molecule has 1 aliphatic carbocycles. The van der Waals surface area contributed by atoms with Gasteiger partial charge in [-0.1, -0.05) is 31.0 Å². The van der Waals surface area contributed by atoms with Gasteiger partial charge >= 0.3 is 0 Å². The first-order valence-electron chi connectivity index (χ1n) is 6.97. The number of para-hydroxylation sites is 1. The van der Waals surface area contributed by atoms with E-state index in [2.05, 4.69) is 15.3 Å². The van der Waals surface area contributed by atoms with Gasteiger partial charge < -0.3 is 11.1 Å². The molecule has 0 atom stereocenters. The first kappa shape index (κ1) is 12.4. The minimum Gasteiger partial charge on any atom is -0.354 e. The Morgan fingerprint density at radius 1 is 1.21 bits per heavy atom. The Kier molecular flexibility index (Phi) is 3.34. The molecule has 1 heterocycles. The molecule has 0 amide bonds. The van der Waals surface area contributed by atoms with Crippen LogP contribution in [0.5, 0.6) is 0 Å².